The highest BCUT2D eigenvalue weighted by atomic mass is 35.5. The number of nitrogens with one attached hydrogen (secondary N) is 1. The normalized spacial score (nSPS) is 17.4. The minimum absolute atomic E-state index is 0.0783. The van der Waals surface area contributed by atoms with E-state index in [0.717, 1.165) is 12.1 Å². The van der Waals surface area contributed by atoms with Gasteiger partial charge in [-0.05, 0) is 18.2 Å². The van der Waals surface area contributed by atoms with E-state index in [1.807, 2.05) is 4.90 Å². The van der Waals surface area contributed by atoms with Crippen LogP contribution in [0, 0.1) is 0 Å². The highest BCUT2D eigenvalue weighted by Gasteiger charge is 2.32. The molecule has 1 N–H and O–H groups in total. The van der Waals surface area contributed by atoms with Gasteiger partial charge in [0, 0.05) is 26.2 Å². The summed E-state index contributed by atoms with van der Waals surface area (Å²) in [6.07, 6.45) is -4.64. The van der Waals surface area contributed by atoms with Crippen molar-refractivity contribution >= 4 is 21.6 Å². The second kappa shape index (κ2) is 7.35. The number of alkyl halides is 3. The molecule has 0 radical (unpaired) electrons. The first-order valence-electron chi connectivity index (χ1n) is 6.87. The van der Waals surface area contributed by atoms with E-state index in [2.05, 4.69) is 4.72 Å². The molecule has 23 heavy (non-hydrogen) atoms. The zero-order valence-corrected chi connectivity index (χ0v) is 13.6. The molecule has 2 rings (SSSR count). The maximum atomic E-state index is 12.7. The molecular weight excluding hydrogens is 357 g/mol. The summed E-state index contributed by atoms with van der Waals surface area (Å²) in [6, 6.07) is 2.22. The van der Waals surface area contributed by atoms with Gasteiger partial charge in [0.15, 0.2) is 0 Å². The highest BCUT2D eigenvalue weighted by Crippen LogP contribution is 2.33. The van der Waals surface area contributed by atoms with Gasteiger partial charge in [0.1, 0.15) is 4.90 Å². The number of hydrogen-bond donors (Lipinski definition) is 1. The maximum Gasteiger partial charge on any atom is 0.416 e. The van der Waals surface area contributed by atoms with Gasteiger partial charge in [-0.1, -0.05) is 11.6 Å². The van der Waals surface area contributed by atoms with Gasteiger partial charge in [0.05, 0.1) is 23.8 Å². The van der Waals surface area contributed by atoms with E-state index in [-0.39, 0.29) is 11.6 Å². The van der Waals surface area contributed by atoms with Crippen LogP contribution in [0.4, 0.5) is 13.2 Å². The summed E-state index contributed by atoms with van der Waals surface area (Å²) in [5.74, 6) is 0. The van der Waals surface area contributed by atoms with Gasteiger partial charge in [0.2, 0.25) is 10.0 Å². The molecule has 0 amide bonds. The molecule has 5 nitrogen and oxygen atoms in total. The molecule has 0 unspecified atom stereocenters. The molecule has 1 fully saturated rings. The second-order valence-electron chi connectivity index (χ2n) is 4.99. The summed E-state index contributed by atoms with van der Waals surface area (Å²) < 4.78 is 69.9. The fraction of sp³-hybridized carbons (Fsp3) is 0.538. The average molecular weight is 373 g/mol. The molecule has 0 bridgehead atoms. The fourth-order valence-corrected chi connectivity index (χ4v) is 3.67. The lowest BCUT2D eigenvalue weighted by Gasteiger charge is -2.26. The Labute approximate surface area is 137 Å². The Balaban J connectivity index is 2.06. The predicted molar refractivity (Wildman–Crippen MR) is 78.9 cm³/mol. The van der Waals surface area contributed by atoms with Crippen molar-refractivity contribution in [3.05, 3.63) is 28.8 Å². The summed E-state index contributed by atoms with van der Waals surface area (Å²) in [4.78, 5) is 1.43. The lowest BCUT2D eigenvalue weighted by Crippen LogP contribution is -2.41. The quantitative estimate of drug-likeness (QED) is 0.858. The van der Waals surface area contributed by atoms with Crippen molar-refractivity contribution in [3.63, 3.8) is 0 Å². The number of morpholine rings is 1. The molecule has 1 aliphatic heterocycles. The Morgan fingerprint density at radius 3 is 2.52 bits per heavy atom. The number of ether oxygens (including phenoxy) is 1. The van der Waals surface area contributed by atoms with Crippen LogP contribution in [0.1, 0.15) is 5.56 Å². The Kier molecular flexibility index (Phi) is 5.90. The lowest BCUT2D eigenvalue weighted by molar-refractivity contribution is -0.137. The van der Waals surface area contributed by atoms with Crippen LogP contribution in [0.5, 0.6) is 0 Å². The van der Waals surface area contributed by atoms with Crippen molar-refractivity contribution in [2.75, 3.05) is 39.4 Å². The van der Waals surface area contributed by atoms with E-state index < -0.39 is 26.7 Å². The van der Waals surface area contributed by atoms with Crippen LogP contribution in [-0.2, 0) is 20.9 Å². The third-order valence-electron chi connectivity index (χ3n) is 3.37. The SMILES string of the molecule is O=S(=O)(NCCN1CCOCC1)c1cc(C(F)(F)F)ccc1Cl. The van der Waals surface area contributed by atoms with E-state index in [4.69, 9.17) is 16.3 Å². The lowest BCUT2D eigenvalue weighted by atomic mass is 10.2. The molecule has 130 valence electrons. The maximum absolute atomic E-state index is 12.7. The van der Waals surface area contributed by atoms with E-state index in [9.17, 15) is 21.6 Å². The van der Waals surface area contributed by atoms with E-state index >= 15 is 0 Å². The number of benzene rings is 1. The molecule has 1 aliphatic rings. The standard InChI is InChI=1S/C13H16ClF3N2O3S/c14-11-2-1-10(13(15,16)17)9-12(11)23(20,21)18-3-4-19-5-7-22-8-6-19/h1-2,9,18H,3-8H2. The molecule has 1 saturated heterocycles. The van der Waals surface area contributed by atoms with Gasteiger partial charge in [-0.3, -0.25) is 4.90 Å². The Morgan fingerprint density at radius 2 is 1.91 bits per heavy atom. The Hall–Kier alpha value is -0.870. The molecule has 0 saturated carbocycles. The molecule has 1 heterocycles. The zero-order valence-electron chi connectivity index (χ0n) is 12.1. The first kappa shape index (κ1) is 18.5. The number of sulfonamides is 1. The highest BCUT2D eigenvalue weighted by molar-refractivity contribution is 7.89. The summed E-state index contributed by atoms with van der Waals surface area (Å²) in [5, 5.41) is -0.253. The van der Waals surface area contributed by atoms with Crippen molar-refractivity contribution < 1.29 is 26.3 Å². The van der Waals surface area contributed by atoms with E-state index in [1.165, 1.54) is 0 Å². The molecule has 0 spiro atoms. The smallest absolute Gasteiger partial charge is 0.379 e. The predicted octanol–water partition coefficient (Wildman–Crippen LogP) is 1.97. The van der Waals surface area contributed by atoms with Crippen LogP contribution in [0.15, 0.2) is 23.1 Å². The van der Waals surface area contributed by atoms with Crippen molar-refractivity contribution in [3.8, 4) is 0 Å². The van der Waals surface area contributed by atoms with E-state index in [1.54, 1.807) is 0 Å². The summed E-state index contributed by atoms with van der Waals surface area (Å²) in [6.45, 7) is 3.05. The largest absolute Gasteiger partial charge is 0.416 e. The summed E-state index contributed by atoms with van der Waals surface area (Å²) in [7, 11) is -4.11. The molecular formula is C13H16ClF3N2O3S. The first-order chi connectivity index (χ1) is 10.7. The number of halogens is 4. The Morgan fingerprint density at radius 1 is 1.26 bits per heavy atom. The molecule has 0 aromatic heterocycles. The van der Waals surface area contributed by atoms with Gasteiger partial charge in [-0.2, -0.15) is 13.2 Å². The van der Waals surface area contributed by atoms with Crippen molar-refractivity contribution in [2.45, 2.75) is 11.1 Å². The van der Waals surface area contributed by atoms with Gasteiger partial charge < -0.3 is 4.74 Å². The van der Waals surface area contributed by atoms with Crippen molar-refractivity contribution in [1.29, 1.82) is 0 Å². The van der Waals surface area contributed by atoms with Crippen LogP contribution in [0.2, 0.25) is 5.02 Å². The summed E-state index contributed by atoms with van der Waals surface area (Å²) in [5.41, 5.74) is -1.06. The third kappa shape index (κ3) is 5.05. The molecule has 1 aromatic rings. The third-order valence-corrected chi connectivity index (χ3v) is 5.31. The van der Waals surface area contributed by atoms with Crippen LogP contribution in [0.3, 0.4) is 0 Å². The van der Waals surface area contributed by atoms with Gasteiger partial charge >= 0.3 is 6.18 Å². The molecule has 10 heteroatoms. The fourth-order valence-electron chi connectivity index (χ4n) is 2.13. The molecule has 0 aliphatic carbocycles. The van der Waals surface area contributed by atoms with Crippen LogP contribution < -0.4 is 4.72 Å². The number of hydrogen-bond acceptors (Lipinski definition) is 4. The van der Waals surface area contributed by atoms with Crippen LogP contribution >= 0.6 is 11.6 Å². The molecule has 1 aromatic carbocycles. The second-order valence-corrected chi connectivity index (χ2v) is 7.14. The minimum Gasteiger partial charge on any atom is -0.379 e. The number of rotatable bonds is 5. The van der Waals surface area contributed by atoms with Crippen LogP contribution in [0.25, 0.3) is 0 Å². The first-order valence-corrected chi connectivity index (χ1v) is 8.73. The van der Waals surface area contributed by atoms with E-state index in [0.29, 0.717) is 38.9 Å². The topological polar surface area (TPSA) is 58.6 Å². The minimum atomic E-state index is -4.64. The van der Waals surface area contributed by atoms with Crippen molar-refractivity contribution in [2.24, 2.45) is 0 Å². The Bertz CT molecular complexity index is 646. The average Bonchev–Trinajstić information content (AvgIpc) is 2.47. The molecule has 0 atom stereocenters. The zero-order chi connectivity index (χ0) is 17.1. The monoisotopic (exact) mass is 372 g/mol. The number of nitrogens with zero attached hydrogens (tertiary/aromatic N) is 1. The van der Waals surface area contributed by atoms with Gasteiger partial charge in [-0.25, -0.2) is 13.1 Å². The van der Waals surface area contributed by atoms with Gasteiger partial charge in [0.25, 0.3) is 0 Å². The summed E-state index contributed by atoms with van der Waals surface area (Å²) >= 11 is 5.74. The van der Waals surface area contributed by atoms with Crippen molar-refractivity contribution in [1.82, 2.24) is 9.62 Å². The van der Waals surface area contributed by atoms with Gasteiger partial charge in [-0.15, -0.1) is 0 Å². The van der Waals surface area contributed by atoms with Crippen LogP contribution in [-0.4, -0.2) is 52.7 Å².